The molecule has 1 aromatic rings. The summed E-state index contributed by atoms with van der Waals surface area (Å²) in [6.45, 7) is 0. The lowest BCUT2D eigenvalue weighted by molar-refractivity contribution is 1.12. The maximum absolute atomic E-state index is 4.14. The highest BCUT2D eigenvalue weighted by Gasteiger charge is 1.89. The third-order valence-electron chi connectivity index (χ3n) is 1.93. The lowest BCUT2D eigenvalue weighted by Crippen LogP contribution is -1.89. The van der Waals surface area contributed by atoms with Crippen LogP contribution in [-0.2, 0) is 0 Å². The molecule has 0 spiro atoms. The monoisotopic (exact) mass is 370 g/mol. The van der Waals surface area contributed by atoms with Gasteiger partial charge in [-0.15, -0.1) is 25.3 Å². The first-order chi connectivity index (χ1) is 9.22. The number of thiol groups is 4. The first kappa shape index (κ1) is 20.3. The van der Waals surface area contributed by atoms with E-state index in [4.69, 9.17) is 0 Å². The maximum atomic E-state index is 4.14. The van der Waals surface area contributed by atoms with E-state index in [1.807, 2.05) is 47.8 Å². The molecule has 0 aliphatic heterocycles. The second-order valence-electron chi connectivity index (χ2n) is 3.51. The van der Waals surface area contributed by atoms with Gasteiger partial charge in [0.25, 0.3) is 0 Å². The molecule has 0 fully saturated rings. The van der Waals surface area contributed by atoms with Crippen molar-refractivity contribution in [3.8, 4) is 0 Å². The van der Waals surface area contributed by atoms with Gasteiger partial charge in [0.15, 0.2) is 0 Å². The van der Waals surface area contributed by atoms with E-state index in [-0.39, 0.29) is 0 Å². The molecule has 110 valence electrons. The minimum atomic E-state index is 0.927. The van der Waals surface area contributed by atoms with Gasteiger partial charge in [0.05, 0.1) is 0 Å². The molecule has 1 rings (SSSR count). The fourth-order valence-electron chi connectivity index (χ4n) is 1.06. The summed E-state index contributed by atoms with van der Waals surface area (Å²) in [5, 5.41) is 0. The van der Waals surface area contributed by atoms with Crippen LogP contribution in [0.5, 0.6) is 0 Å². The Labute approximate surface area is 148 Å². The van der Waals surface area contributed by atoms with Crippen LogP contribution in [0.25, 0.3) is 0 Å². The number of benzene rings is 1. The zero-order chi connectivity index (χ0) is 14.3. The third-order valence-corrected chi connectivity index (χ3v) is 6.08. The van der Waals surface area contributed by atoms with Crippen molar-refractivity contribution in [2.45, 2.75) is 16.2 Å². The van der Waals surface area contributed by atoms with E-state index in [9.17, 15) is 0 Å². The molecule has 0 nitrogen and oxygen atoms in total. The van der Waals surface area contributed by atoms with Crippen LogP contribution in [0, 0.1) is 0 Å². The Morgan fingerprint density at radius 2 is 1.16 bits per heavy atom. The van der Waals surface area contributed by atoms with Crippen LogP contribution in [0.4, 0.5) is 0 Å². The molecule has 0 amide bonds. The second-order valence-corrected chi connectivity index (χ2v) is 7.82. The van der Waals surface area contributed by atoms with Gasteiger partial charge < -0.3 is 0 Å². The largest absolute Gasteiger partial charge is 0.179 e. The SMILES string of the molecule is SCCSCCCSCCS.Sc1ccccc1S. The summed E-state index contributed by atoms with van der Waals surface area (Å²) < 4.78 is 0. The van der Waals surface area contributed by atoms with Gasteiger partial charge in [-0.05, 0) is 41.6 Å². The number of hydrogen-bond donors (Lipinski definition) is 4. The van der Waals surface area contributed by atoms with Crippen LogP contribution in [0.15, 0.2) is 34.1 Å². The maximum Gasteiger partial charge on any atom is 0.0174 e. The van der Waals surface area contributed by atoms with Crippen molar-refractivity contribution in [1.29, 1.82) is 0 Å². The number of hydrogen-bond acceptors (Lipinski definition) is 6. The summed E-state index contributed by atoms with van der Waals surface area (Å²) in [6, 6.07) is 7.68. The first-order valence-electron chi connectivity index (χ1n) is 6.06. The molecular weight excluding hydrogens is 349 g/mol. The van der Waals surface area contributed by atoms with Crippen molar-refractivity contribution in [3.05, 3.63) is 24.3 Å². The van der Waals surface area contributed by atoms with E-state index in [0.717, 1.165) is 21.3 Å². The van der Waals surface area contributed by atoms with E-state index in [2.05, 4.69) is 50.5 Å². The number of rotatable bonds is 8. The van der Waals surface area contributed by atoms with Crippen LogP contribution >= 0.6 is 74.0 Å². The molecule has 0 aromatic heterocycles. The summed E-state index contributed by atoms with van der Waals surface area (Å²) in [5.74, 6) is 6.99. The van der Waals surface area contributed by atoms with Gasteiger partial charge in [0.1, 0.15) is 0 Å². The topological polar surface area (TPSA) is 0 Å². The van der Waals surface area contributed by atoms with Gasteiger partial charge in [0, 0.05) is 21.3 Å². The second kappa shape index (κ2) is 15.7. The molecule has 0 aliphatic rings. The standard InChI is InChI=1S/C7H16S4.C6H6S2/c8-2-6-10-4-1-5-11-7-3-9;7-5-3-1-2-4-6(5)8/h8-9H,1-7H2;1-4,7-8H. The van der Waals surface area contributed by atoms with Crippen molar-refractivity contribution in [3.63, 3.8) is 0 Å². The van der Waals surface area contributed by atoms with Crippen LogP contribution in [0.2, 0.25) is 0 Å². The molecule has 0 radical (unpaired) electrons. The minimum absolute atomic E-state index is 0.927. The normalized spacial score (nSPS) is 9.89. The van der Waals surface area contributed by atoms with E-state index < -0.39 is 0 Å². The summed E-state index contributed by atoms with van der Waals surface area (Å²) in [6.07, 6.45) is 1.33. The van der Waals surface area contributed by atoms with Gasteiger partial charge in [-0.3, -0.25) is 0 Å². The summed E-state index contributed by atoms with van der Waals surface area (Å²) >= 11 is 20.5. The van der Waals surface area contributed by atoms with Gasteiger partial charge in [0.2, 0.25) is 0 Å². The molecule has 6 heteroatoms. The van der Waals surface area contributed by atoms with E-state index in [0.29, 0.717) is 0 Å². The van der Waals surface area contributed by atoms with E-state index in [1.54, 1.807) is 0 Å². The Kier molecular flexibility index (Phi) is 16.8. The number of thioether (sulfide) groups is 2. The van der Waals surface area contributed by atoms with Crippen LogP contribution in [0.1, 0.15) is 6.42 Å². The quantitative estimate of drug-likeness (QED) is 0.377. The van der Waals surface area contributed by atoms with Gasteiger partial charge in [-0.2, -0.15) is 48.8 Å². The Bertz CT molecular complexity index is 276. The summed E-state index contributed by atoms with van der Waals surface area (Å²) in [5.41, 5.74) is 0. The lowest BCUT2D eigenvalue weighted by atomic mass is 10.4. The highest BCUT2D eigenvalue weighted by atomic mass is 32.2. The Balaban J connectivity index is 0.000000356. The van der Waals surface area contributed by atoms with Crippen LogP contribution in [0.3, 0.4) is 0 Å². The average molecular weight is 371 g/mol. The van der Waals surface area contributed by atoms with Gasteiger partial charge >= 0.3 is 0 Å². The Hall–Kier alpha value is 1.32. The molecule has 0 aliphatic carbocycles. The fourth-order valence-corrected chi connectivity index (χ4v) is 3.70. The summed E-state index contributed by atoms with van der Waals surface area (Å²) in [4.78, 5) is 1.85. The summed E-state index contributed by atoms with van der Waals surface area (Å²) in [7, 11) is 0. The predicted molar refractivity (Wildman–Crippen MR) is 108 cm³/mol. The lowest BCUT2D eigenvalue weighted by Gasteiger charge is -1.98. The molecule has 0 saturated carbocycles. The van der Waals surface area contributed by atoms with Crippen molar-refractivity contribution in [2.24, 2.45) is 0 Å². The fraction of sp³-hybridized carbons (Fsp3) is 0.538. The third kappa shape index (κ3) is 14.0. The molecule has 0 N–H and O–H groups in total. The molecule has 0 unspecified atom stereocenters. The first-order valence-corrected chi connectivity index (χ1v) is 10.5. The Morgan fingerprint density at radius 3 is 1.47 bits per heavy atom. The smallest absolute Gasteiger partial charge is 0.0174 e. The van der Waals surface area contributed by atoms with Crippen molar-refractivity contribution in [2.75, 3.05) is 34.5 Å². The molecule has 1 aromatic carbocycles. The van der Waals surface area contributed by atoms with Crippen molar-refractivity contribution in [1.82, 2.24) is 0 Å². The molecular formula is C13H22S6. The zero-order valence-corrected chi connectivity index (χ0v) is 16.1. The van der Waals surface area contributed by atoms with Crippen molar-refractivity contribution >= 4 is 74.0 Å². The average Bonchev–Trinajstić information content (AvgIpc) is 2.42. The molecule has 0 bridgehead atoms. The van der Waals surface area contributed by atoms with Crippen LogP contribution in [-0.4, -0.2) is 34.5 Å². The van der Waals surface area contributed by atoms with Gasteiger partial charge in [-0.1, -0.05) is 12.1 Å². The molecule has 0 saturated heterocycles. The minimum Gasteiger partial charge on any atom is -0.179 e. The van der Waals surface area contributed by atoms with Crippen LogP contribution < -0.4 is 0 Å². The van der Waals surface area contributed by atoms with Gasteiger partial charge in [-0.25, -0.2) is 0 Å². The van der Waals surface area contributed by atoms with E-state index in [1.165, 1.54) is 29.4 Å². The highest BCUT2D eigenvalue weighted by Crippen LogP contribution is 2.15. The van der Waals surface area contributed by atoms with E-state index >= 15 is 0 Å². The molecule has 19 heavy (non-hydrogen) atoms. The molecule has 0 atom stereocenters. The predicted octanol–water partition coefficient (Wildman–Crippen LogP) is 4.97. The zero-order valence-electron chi connectivity index (χ0n) is 10.9. The molecule has 0 heterocycles. The highest BCUT2D eigenvalue weighted by molar-refractivity contribution is 8.00. The Morgan fingerprint density at radius 1 is 0.737 bits per heavy atom. The van der Waals surface area contributed by atoms with Crippen molar-refractivity contribution < 1.29 is 0 Å².